The van der Waals surface area contributed by atoms with Crippen molar-refractivity contribution in [1.29, 1.82) is 0 Å². The van der Waals surface area contributed by atoms with Crippen LogP contribution in [0.25, 0.3) is 0 Å². The molecule has 0 aliphatic carbocycles. The van der Waals surface area contributed by atoms with Crippen LogP contribution in [0.2, 0.25) is 0 Å². The number of aliphatic imine (C=N–C) groups is 1. The second kappa shape index (κ2) is 10.6. The third kappa shape index (κ3) is 6.85. The maximum atomic E-state index is 13.6. The molecule has 1 aromatic carbocycles. The molecule has 4 nitrogen and oxygen atoms in total. The molecular formula is C17H23F2IN4S. The van der Waals surface area contributed by atoms with E-state index in [1.165, 1.54) is 12.1 Å². The number of rotatable bonds is 6. The molecule has 0 fully saturated rings. The van der Waals surface area contributed by atoms with E-state index in [0.717, 1.165) is 29.3 Å². The summed E-state index contributed by atoms with van der Waals surface area (Å²) in [6, 6.07) is 3.64. The van der Waals surface area contributed by atoms with Crippen molar-refractivity contribution in [2.75, 3.05) is 20.1 Å². The second-order valence-electron chi connectivity index (χ2n) is 5.44. The first-order valence-electron chi connectivity index (χ1n) is 7.84. The van der Waals surface area contributed by atoms with Crippen molar-refractivity contribution in [3.05, 3.63) is 51.5 Å². The molecule has 0 spiro atoms. The summed E-state index contributed by atoms with van der Waals surface area (Å²) in [5, 5.41) is 6.28. The van der Waals surface area contributed by atoms with Gasteiger partial charge in [-0.3, -0.25) is 4.99 Å². The van der Waals surface area contributed by atoms with Gasteiger partial charge in [0.1, 0.15) is 11.6 Å². The molecule has 0 aliphatic heterocycles. The molecule has 0 aliphatic rings. The van der Waals surface area contributed by atoms with Gasteiger partial charge in [0.15, 0.2) is 5.96 Å². The monoisotopic (exact) mass is 480 g/mol. The van der Waals surface area contributed by atoms with Gasteiger partial charge in [0.2, 0.25) is 0 Å². The molecule has 0 bridgehead atoms. The average molecular weight is 480 g/mol. The molecule has 1 N–H and O–H groups in total. The Morgan fingerprint density at radius 1 is 1.36 bits per heavy atom. The lowest BCUT2D eigenvalue weighted by Gasteiger charge is -2.21. The van der Waals surface area contributed by atoms with Crippen molar-refractivity contribution >= 4 is 41.3 Å². The highest BCUT2D eigenvalue weighted by Crippen LogP contribution is 2.11. The summed E-state index contributed by atoms with van der Waals surface area (Å²) < 4.78 is 26.6. The fourth-order valence-electron chi connectivity index (χ4n) is 2.28. The van der Waals surface area contributed by atoms with Gasteiger partial charge in [-0.15, -0.1) is 35.3 Å². The maximum absolute atomic E-state index is 13.6. The smallest absolute Gasteiger partial charge is 0.194 e. The van der Waals surface area contributed by atoms with Crippen molar-refractivity contribution in [1.82, 2.24) is 15.2 Å². The first-order chi connectivity index (χ1) is 11.5. The molecule has 1 heterocycles. The lowest BCUT2D eigenvalue weighted by atomic mass is 10.1. The predicted molar refractivity (Wildman–Crippen MR) is 110 cm³/mol. The summed E-state index contributed by atoms with van der Waals surface area (Å²) in [6.45, 7) is 5.79. The van der Waals surface area contributed by atoms with Crippen LogP contribution in [0.1, 0.15) is 23.2 Å². The zero-order chi connectivity index (χ0) is 17.5. The molecular weight excluding hydrogens is 457 g/mol. The Hall–Kier alpha value is -1.29. The van der Waals surface area contributed by atoms with Crippen LogP contribution in [0.3, 0.4) is 0 Å². The zero-order valence-electron chi connectivity index (χ0n) is 14.6. The number of benzene rings is 1. The van der Waals surface area contributed by atoms with Gasteiger partial charge >= 0.3 is 0 Å². The van der Waals surface area contributed by atoms with Crippen LogP contribution in [-0.2, 0) is 13.0 Å². The lowest BCUT2D eigenvalue weighted by Crippen LogP contribution is -2.38. The van der Waals surface area contributed by atoms with Gasteiger partial charge < -0.3 is 10.2 Å². The van der Waals surface area contributed by atoms with Gasteiger partial charge in [0, 0.05) is 31.6 Å². The van der Waals surface area contributed by atoms with E-state index in [0.29, 0.717) is 25.1 Å². The van der Waals surface area contributed by atoms with Crippen molar-refractivity contribution in [2.24, 2.45) is 4.99 Å². The molecule has 2 rings (SSSR count). The first-order valence-corrected chi connectivity index (χ1v) is 8.72. The number of aromatic nitrogens is 1. The number of hydrogen-bond acceptors (Lipinski definition) is 3. The maximum Gasteiger partial charge on any atom is 0.194 e. The Balaban J connectivity index is 0.00000312. The molecule has 0 saturated heterocycles. The number of nitrogens with one attached hydrogen (secondary N) is 1. The fraction of sp³-hybridized carbons (Fsp3) is 0.412. The molecule has 0 saturated carbocycles. The van der Waals surface area contributed by atoms with Gasteiger partial charge in [0.05, 0.1) is 17.2 Å². The van der Waals surface area contributed by atoms with Crippen LogP contribution in [0.4, 0.5) is 8.78 Å². The van der Waals surface area contributed by atoms with E-state index in [1.807, 2.05) is 31.2 Å². The fourth-order valence-corrected chi connectivity index (χ4v) is 2.88. The first kappa shape index (κ1) is 21.8. The van der Waals surface area contributed by atoms with E-state index in [9.17, 15) is 8.78 Å². The summed E-state index contributed by atoms with van der Waals surface area (Å²) >= 11 is 1.62. The van der Waals surface area contributed by atoms with Gasteiger partial charge in [-0.2, -0.15) is 0 Å². The van der Waals surface area contributed by atoms with Crippen LogP contribution in [0.5, 0.6) is 0 Å². The number of thiazole rings is 1. The van der Waals surface area contributed by atoms with E-state index in [4.69, 9.17) is 0 Å². The van der Waals surface area contributed by atoms with E-state index in [-0.39, 0.29) is 24.0 Å². The number of halogens is 3. The Kier molecular flexibility index (Phi) is 9.26. The molecule has 1 aromatic heterocycles. The number of nitrogens with zero attached hydrogens (tertiary/aromatic N) is 3. The lowest BCUT2D eigenvalue weighted by molar-refractivity contribution is 0.471. The summed E-state index contributed by atoms with van der Waals surface area (Å²) in [5.74, 6) is -0.349. The number of aryl methyl sites for hydroxylation is 1. The predicted octanol–water partition coefficient (Wildman–Crippen LogP) is 3.99. The topological polar surface area (TPSA) is 40.5 Å². The Morgan fingerprint density at radius 3 is 2.72 bits per heavy atom. The molecule has 0 radical (unpaired) electrons. The Bertz CT molecular complexity index is 706. The second-order valence-corrected chi connectivity index (χ2v) is 6.50. The van der Waals surface area contributed by atoms with Crippen LogP contribution < -0.4 is 5.32 Å². The van der Waals surface area contributed by atoms with E-state index < -0.39 is 11.6 Å². The molecule has 0 atom stereocenters. The third-order valence-corrected chi connectivity index (χ3v) is 4.24. The number of hydrogen-bond donors (Lipinski definition) is 1. The largest absolute Gasteiger partial charge is 0.357 e. The summed E-state index contributed by atoms with van der Waals surface area (Å²) in [7, 11) is 1.94. The molecule has 138 valence electrons. The summed E-state index contributed by atoms with van der Waals surface area (Å²) in [5.41, 5.74) is 1.46. The van der Waals surface area contributed by atoms with Crippen LogP contribution in [-0.4, -0.2) is 36.0 Å². The highest BCUT2D eigenvalue weighted by Gasteiger charge is 2.09. The van der Waals surface area contributed by atoms with Gasteiger partial charge in [-0.05, 0) is 31.9 Å². The molecule has 8 heteroatoms. The average Bonchev–Trinajstić information content (AvgIpc) is 2.93. The highest BCUT2D eigenvalue weighted by atomic mass is 127. The minimum Gasteiger partial charge on any atom is -0.357 e. The Labute approximate surface area is 168 Å². The number of guanidine groups is 1. The molecule has 2 aromatic rings. The van der Waals surface area contributed by atoms with E-state index in [2.05, 4.69) is 15.3 Å². The Morgan fingerprint density at radius 2 is 2.12 bits per heavy atom. The van der Waals surface area contributed by atoms with Crippen LogP contribution in [0, 0.1) is 18.6 Å². The summed E-state index contributed by atoms with van der Waals surface area (Å²) in [4.78, 5) is 11.0. The van der Waals surface area contributed by atoms with Gasteiger partial charge in [0.25, 0.3) is 0 Å². The van der Waals surface area contributed by atoms with Crippen LogP contribution >= 0.6 is 35.3 Å². The zero-order valence-corrected chi connectivity index (χ0v) is 17.7. The van der Waals surface area contributed by atoms with E-state index in [1.54, 1.807) is 11.3 Å². The normalized spacial score (nSPS) is 11.2. The van der Waals surface area contributed by atoms with Crippen molar-refractivity contribution in [3.63, 3.8) is 0 Å². The highest BCUT2D eigenvalue weighted by molar-refractivity contribution is 14.0. The van der Waals surface area contributed by atoms with E-state index >= 15 is 0 Å². The third-order valence-electron chi connectivity index (χ3n) is 3.42. The van der Waals surface area contributed by atoms with Crippen LogP contribution in [0.15, 0.2) is 28.6 Å². The van der Waals surface area contributed by atoms with Gasteiger partial charge in [-0.1, -0.05) is 6.07 Å². The minimum atomic E-state index is -0.564. The minimum absolute atomic E-state index is 0. The van der Waals surface area contributed by atoms with Crippen molar-refractivity contribution in [2.45, 2.75) is 26.8 Å². The quantitative estimate of drug-likeness (QED) is 0.386. The van der Waals surface area contributed by atoms with Crippen molar-refractivity contribution in [3.8, 4) is 0 Å². The SMILES string of the molecule is CCNC(=NCCc1ccc(F)cc1F)N(C)Cc1csc(C)n1.I. The standard InChI is InChI=1S/C17H22F2N4S.HI/c1-4-20-17(23(3)10-15-11-24-12(2)22-15)21-8-7-13-5-6-14(18)9-16(13)19;/h5-6,9,11H,4,7-8,10H2,1-3H3,(H,20,21);1H. The van der Waals surface area contributed by atoms with Crippen molar-refractivity contribution < 1.29 is 8.78 Å². The molecule has 0 unspecified atom stereocenters. The molecule has 0 amide bonds. The molecule has 25 heavy (non-hydrogen) atoms. The summed E-state index contributed by atoms with van der Waals surface area (Å²) in [6.07, 6.45) is 0.421. The van der Waals surface area contributed by atoms with Gasteiger partial charge in [-0.25, -0.2) is 13.8 Å².